The zero-order valence-electron chi connectivity index (χ0n) is 12.4. The third-order valence-corrected chi connectivity index (χ3v) is 6.23. The summed E-state index contributed by atoms with van der Waals surface area (Å²) in [7, 11) is -3.66. The Balaban J connectivity index is 1.64. The van der Waals surface area contributed by atoms with Crippen molar-refractivity contribution >= 4 is 44.5 Å². The van der Waals surface area contributed by atoms with E-state index in [1.807, 2.05) is 30.3 Å². The highest BCUT2D eigenvalue weighted by Gasteiger charge is 2.17. The Morgan fingerprint density at radius 3 is 2.46 bits per heavy atom. The summed E-state index contributed by atoms with van der Waals surface area (Å²) in [5.41, 5.74) is 1.96. The summed E-state index contributed by atoms with van der Waals surface area (Å²) in [6.07, 6.45) is 1.59. The summed E-state index contributed by atoms with van der Waals surface area (Å²) >= 11 is 6.78. The highest BCUT2D eigenvalue weighted by Crippen LogP contribution is 2.27. The molecule has 0 unspecified atom stereocenters. The number of nitrogens with one attached hydrogen (secondary N) is 2. The zero-order chi connectivity index (χ0) is 17.0. The molecule has 2 aromatic heterocycles. The summed E-state index contributed by atoms with van der Waals surface area (Å²) in [5.74, 6) is 0.254. The van der Waals surface area contributed by atoms with Crippen molar-refractivity contribution in [2.24, 2.45) is 0 Å². The van der Waals surface area contributed by atoms with E-state index in [4.69, 9.17) is 11.6 Å². The molecule has 0 fully saturated rings. The minimum Gasteiger partial charge on any atom is -0.380 e. The van der Waals surface area contributed by atoms with Gasteiger partial charge in [0, 0.05) is 6.54 Å². The molecular weight excluding hydrogens is 366 g/mol. The molecule has 3 rings (SSSR count). The van der Waals surface area contributed by atoms with Gasteiger partial charge in [-0.2, -0.15) is 0 Å². The Morgan fingerprint density at radius 2 is 1.83 bits per heavy atom. The average molecular weight is 380 g/mol. The van der Waals surface area contributed by atoms with E-state index in [2.05, 4.69) is 15.0 Å². The number of halogens is 1. The van der Waals surface area contributed by atoms with Gasteiger partial charge >= 0.3 is 0 Å². The number of thiophene rings is 1. The highest BCUT2D eigenvalue weighted by molar-refractivity contribution is 7.94. The molecule has 2 N–H and O–H groups in total. The van der Waals surface area contributed by atoms with Crippen LogP contribution in [0.3, 0.4) is 0 Å². The summed E-state index contributed by atoms with van der Waals surface area (Å²) in [6.45, 7) is 0.668. The van der Waals surface area contributed by atoms with Crippen LogP contribution >= 0.6 is 22.9 Å². The zero-order valence-corrected chi connectivity index (χ0v) is 14.8. The molecule has 124 valence electrons. The van der Waals surface area contributed by atoms with E-state index in [0.29, 0.717) is 10.9 Å². The number of aromatic nitrogens is 1. The average Bonchev–Trinajstić information content (AvgIpc) is 3.02. The van der Waals surface area contributed by atoms with Crippen LogP contribution in [0.1, 0.15) is 5.56 Å². The SMILES string of the molecule is O=S(=O)(Nc1ccc(NCc2ccccc2)cn1)c1ccc(Cl)s1. The fourth-order valence-electron chi connectivity index (χ4n) is 1.99. The van der Waals surface area contributed by atoms with Crippen molar-refractivity contribution in [2.45, 2.75) is 10.8 Å². The first-order chi connectivity index (χ1) is 11.5. The number of sulfonamides is 1. The molecule has 5 nitrogen and oxygen atoms in total. The fraction of sp³-hybridized carbons (Fsp3) is 0.0625. The number of hydrogen-bond donors (Lipinski definition) is 2. The summed E-state index contributed by atoms with van der Waals surface area (Å²) in [6, 6.07) is 16.4. The van der Waals surface area contributed by atoms with E-state index in [1.165, 1.54) is 6.07 Å². The molecule has 0 amide bonds. The number of nitrogens with zero attached hydrogens (tertiary/aromatic N) is 1. The van der Waals surface area contributed by atoms with E-state index in [0.717, 1.165) is 22.6 Å². The number of anilines is 2. The molecule has 8 heteroatoms. The molecule has 0 bridgehead atoms. The largest absolute Gasteiger partial charge is 0.380 e. The topological polar surface area (TPSA) is 71.1 Å². The predicted octanol–water partition coefficient (Wildman–Crippen LogP) is 4.21. The lowest BCUT2D eigenvalue weighted by Crippen LogP contribution is -2.12. The lowest BCUT2D eigenvalue weighted by Gasteiger charge is -2.08. The standard InChI is InChI=1S/C16H14ClN3O2S2/c17-14-7-9-16(23-14)24(21,22)20-15-8-6-13(11-19-15)18-10-12-4-2-1-3-5-12/h1-9,11,18H,10H2,(H,19,20). The molecule has 0 aliphatic rings. The smallest absolute Gasteiger partial charge is 0.272 e. The number of benzene rings is 1. The normalized spacial score (nSPS) is 11.2. The molecule has 24 heavy (non-hydrogen) atoms. The van der Waals surface area contributed by atoms with Crippen molar-refractivity contribution in [1.29, 1.82) is 0 Å². The predicted molar refractivity (Wildman–Crippen MR) is 98.1 cm³/mol. The first kappa shape index (κ1) is 16.8. The van der Waals surface area contributed by atoms with Gasteiger partial charge in [-0.1, -0.05) is 41.9 Å². The van der Waals surface area contributed by atoms with Crippen LogP contribution in [0.4, 0.5) is 11.5 Å². The van der Waals surface area contributed by atoms with E-state index < -0.39 is 10.0 Å². The van der Waals surface area contributed by atoms with Gasteiger partial charge in [-0.3, -0.25) is 4.72 Å². The van der Waals surface area contributed by atoms with Gasteiger partial charge in [0.2, 0.25) is 0 Å². The molecule has 0 atom stereocenters. The first-order valence-electron chi connectivity index (χ1n) is 7.05. The van der Waals surface area contributed by atoms with Crippen LogP contribution in [0.5, 0.6) is 0 Å². The second-order valence-corrected chi connectivity index (χ2v) is 8.56. The molecule has 3 aromatic rings. The molecular formula is C16H14ClN3O2S2. The monoisotopic (exact) mass is 379 g/mol. The van der Waals surface area contributed by atoms with Crippen LogP contribution in [0, 0.1) is 0 Å². The van der Waals surface area contributed by atoms with Gasteiger partial charge in [0.1, 0.15) is 10.0 Å². The number of pyridine rings is 1. The van der Waals surface area contributed by atoms with Crippen molar-refractivity contribution in [3.63, 3.8) is 0 Å². The van der Waals surface area contributed by atoms with Crippen molar-refractivity contribution in [2.75, 3.05) is 10.0 Å². The summed E-state index contributed by atoms with van der Waals surface area (Å²) in [4.78, 5) is 4.13. The third kappa shape index (κ3) is 4.25. The Labute approximate surface area is 149 Å². The molecule has 0 radical (unpaired) electrons. The van der Waals surface area contributed by atoms with Gasteiger partial charge in [0.15, 0.2) is 0 Å². The Hall–Kier alpha value is -2.09. The Kier molecular flexibility index (Phi) is 5.03. The first-order valence-corrected chi connectivity index (χ1v) is 9.73. The molecule has 2 heterocycles. The molecule has 0 aliphatic heterocycles. The maximum atomic E-state index is 12.2. The van der Waals surface area contributed by atoms with Gasteiger partial charge < -0.3 is 5.32 Å². The van der Waals surface area contributed by atoms with E-state index in [-0.39, 0.29) is 10.0 Å². The fourth-order valence-corrected chi connectivity index (χ4v) is 4.48. The van der Waals surface area contributed by atoms with Crippen LogP contribution in [-0.2, 0) is 16.6 Å². The lowest BCUT2D eigenvalue weighted by atomic mass is 10.2. The molecule has 0 saturated heterocycles. The Morgan fingerprint density at radius 1 is 1.04 bits per heavy atom. The maximum absolute atomic E-state index is 12.2. The molecule has 1 aromatic carbocycles. The number of hydrogen-bond acceptors (Lipinski definition) is 5. The van der Waals surface area contributed by atoms with Crippen molar-refractivity contribution in [1.82, 2.24) is 4.98 Å². The van der Waals surface area contributed by atoms with Gasteiger partial charge in [-0.05, 0) is 29.8 Å². The van der Waals surface area contributed by atoms with Crippen molar-refractivity contribution in [3.05, 3.63) is 70.7 Å². The van der Waals surface area contributed by atoms with E-state index in [1.54, 1.807) is 24.4 Å². The van der Waals surface area contributed by atoms with E-state index >= 15 is 0 Å². The second-order valence-electron chi connectivity index (χ2n) is 4.94. The molecule has 0 saturated carbocycles. The maximum Gasteiger partial charge on any atom is 0.272 e. The second kappa shape index (κ2) is 7.21. The van der Waals surface area contributed by atoms with Crippen molar-refractivity contribution in [3.8, 4) is 0 Å². The van der Waals surface area contributed by atoms with Crippen LogP contribution in [-0.4, -0.2) is 13.4 Å². The van der Waals surface area contributed by atoms with Crippen molar-refractivity contribution < 1.29 is 8.42 Å². The van der Waals surface area contributed by atoms with Crippen LogP contribution in [0.25, 0.3) is 0 Å². The molecule has 0 aliphatic carbocycles. The minimum atomic E-state index is -3.66. The highest BCUT2D eigenvalue weighted by atomic mass is 35.5. The van der Waals surface area contributed by atoms with Crippen LogP contribution < -0.4 is 10.0 Å². The van der Waals surface area contributed by atoms with Crippen LogP contribution in [0.15, 0.2) is 65.0 Å². The Bertz CT molecular complexity index is 910. The molecule has 0 spiro atoms. The number of rotatable bonds is 6. The quantitative estimate of drug-likeness (QED) is 0.673. The van der Waals surface area contributed by atoms with Gasteiger partial charge in [0.05, 0.1) is 16.2 Å². The van der Waals surface area contributed by atoms with E-state index in [9.17, 15) is 8.42 Å². The lowest BCUT2D eigenvalue weighted by molar-refractivity contribution is 0.603. The van der Waals surface area contributed by atoms with Gasteiger partial charge in [0.25, 0.3) is 10.0 Å². The van der Waals surface area contributed by atoms with Gasteiger partial charge in [-0.15, -0.1) is 11.3 Å². The summed E-state index contributed by atoms with van der Waals surface area (Å²) in [5, 5.41) is 3.23. The minimum absolute atomic E-state index is 0.153. The van der Waals surface area contributed by atoms with Gasteiger partial charge in [-0.25, -0.2) is 13.4 Å². The third-order valence-electron chi connectivity index (χ3n) is 3.16. The summed E-state index contributed by atoms with van der Waals surface area (Å²) < 4.78 is 27.4. The van der Waals surface area contributed by atoms with Crippen LogP contribution in [0.2, 0.25) is 4.34 Å².